The van der Waals surface area contributed by atoms with Crippen molar-refractivity contribution in [3.8, 4) is 0 Å². The van der Waals surface area contributed by atoms with Crippen LogP contribution in [0.1, 0.15) is 46.0 Å². The molecule has 1 rings (SSSR count). The van der Waals surface area contributed by atoms with Crippen LogP contribution in [0.15, 0.2) is 0 Å². The molecule has 0 saturated heterocycles. The first-order valence-electron chi connectivity index (χ1n) is 5.59. The van der Waals surface area contributed by atoms with Gasteiger partial charge in [0.05, 0.1) is 6.61 Å². The third-order valence-corrected chi connectivity index (χ3v) is 3.63. The van der Waals surface area contributed by atoms with Crippen molar-refractivity contribution < 1.29 is 4.84 Å². The minimum absolute atomic E-state index is 0.641. The summed E-state index contributed by atoms with van der Waals surface area (Å²) < 4.78 is 0. The molecule has 0 aromatic carbocycles. The molecule has 1 aliphatic rings. The van der Waals surface area contributed by atoms with Crippen molar-refractivity contribution in [1.29, 1.82) is 0 Å². The van der Waals surface area contributed by atoms with E-state index in [-0.39, 0.29) is 0 Å². The Kier molecular flexibility index (Phi) is 4.74. The quantitative estimate of drug-likeness (QED) is 0.683. The van der Waals surface area contributed by atoms with Gasteiger partial charge in [0, 0.05) is 0 Å². The Balaban J connectivity index is 2.23. The molecule has 0 radical (unpaired) electrons. The molecule has 0 heterocycles. The second-order valence-corrected chi connectivity index (χ2v) is 4.50. The molecule has 1 fully saturated rings. The summed E-state index contributed by atoms with van der Waals surface area (Å²) in [6, 6.07) is 0. The zero-order valence-electron chi connectivity index (χ0n) is 8.96. The predicted octanol–water partition coefficient (Wildman–Crippen LogP) is 2.73. The lowest BCUT2D eigenvalue weighted by Gasteiger charge is -2.31. The zero-order valence-corrected chi connectivity index (χ0v) is 8.96. The van der Waals surface area contributed by atoms with E-state index in [0.717, 1.165) is 18.4 Å². The largest absolute Gasteiger partial charge is 0.304 e. The molecule has 0 spiro atoms. The van der Waals surface area contributed by atoms with Crippen molar-refractivity contribution in [3.63, 3.8) is 0 Å². The van der Waals surface area contributed by atoms with E-state index < -0.39 is 0 Å². The van der Waals surface area contributed by atoms with E-state index in [0.29, 0.717) is 5.92 Å². The summed E-state index contributed by atoms with van der Waals surface area (Å²) in [4.78, 5) is 4.71. The van der Waals surface area contributed by atoms with Crippen molar-refractivity contribution in [1.82, 2.24) is 0 Å². The van der Waals surface area contributed by atoms with Gasteiger partial charge in [-0.15, -0.1) is 0 Å². The van der Waals surface area contributed by atoms with Crippen LogP contribution in [0.25, 0.3) is 0 Å². The first-order valence-corrected chi connectivity index (χ1v) is 5.59. The highest BCUT2D eigenvalue weighted by Gasteiger charge is 2.24. The van der Waals surface area contributed by atoms with Crippen LogP contribution in [0.2, 0.25) is 0 Å². The molecule has 13 heavy (non-hydrogen) atoms. The standard InChI is InChI=1S/C11H23NO/c1-3-10-4-6-11(7-5-10)9(2)8-13-12/h9-11H,3-8,12H2,1-2H3. The highest BCUT2D eigenvalue weighted by molar-refractivity contribution is 4.75. The molecule has 78 valence electrons. The third-order valence-electron chi connectivity index (χ3n) is 3.63. The van der Waals surface area contributed by atoms with Crippen LogP contribution in [-0.2, 0) is 4.84 Å². The van der Waals surface area contributed by atoms with Crippen molar-refractivity contribution in [2.24, 2.45) is 23.7 Å². The van der Waals surface area contributed by atoms with Gasteiger partial charge in [0.1, 0.15) is 0 Å². The highest BCUT2D eigenvalue weighted by atomic mass is 16.6. The fraction of sp³-hybridized carbons (Fsp3) is 1.00. The van der Waals surface area contributed by atoms with Crippen LogP contribution in [0.5, 0.6) is 0 Å². The summed E-state index contributed by atoms with van der Waals surface area (Å²) >= 11 is 0. The normalized spacial score (nSPS) is 31.6. The highest BCUT2D eigenvalue weighted by Crippen LogP contribution is 2.34. The summed E-state index contributed by atoms with van der Waals surface area (Å²) in [6.07, 6.45) is 6.94. The Morgan fingerprint density at radius 3 is 2.38 bits per heavy atom. The van der Waals surface area contributed by atoms with Gasteiger partial charge < -0.3 is 4.84 Å². The minimum Gasteiger partial charge on any atom is -0.304 e. The Labute approximate surface area is 81.8 Å². The van der Waals surface area contributed by atoms with Crippen LogP contribution >= 0.6 is 0 Å². The molecule has 1 saturated carbocycles. The maximum absolute atomic E-state index is 5.09. The SMILES string of the molecule is CCC1CCC(C(C)CON)CC1. The predicted molar refractivity (Wildman–Crippen MR) is 55.0 cm³/mol. The zero-order chi connectivity index (χ0) is 9.68. The fourth-order valence-electron chi connectivity index (χ4n) is 2.45. The lowest BCUT2D eigenvalue weighted by atomic mass is 9.76. The number of hydrogen-bond acceptors (Lipinski definition) is 2. The topological polar surface area (TPSA) is 35.2 Å². The molecule has 2 N–H and O–H groups in total. The molecule has 0 amide bonds. The van der Waals surface area contributed by atoms with Crippen LogP contribution < -0.4 is 5.90 Å². The summed E-state index contributed by atoms with van der Waals surface area (Å²) in [7, 11) is 0. The van der Waals surface area contributed by atoms with Gasteiger partial charge in [0.25, 0.3) is 0 Å². The molecule has 1 aliphatic carbocycles. The van der Waals surface area contributed by atoms with Crippen LogP contribution in [0, 0.1) is 17.8 Å². The second kappa shape index (κ2) is 5.61. The Morgan fingerprint density at radius 2 is 1.92 bits per heavy atom. The Bertz CT molecular complexity index is 130. The maximum atomic E-state index is 5.09. The smallest absolute Gasteiger partial charge is 0.0707 e. The molecule has 2 nitrogen and oxygen atoms in total. The molecule has 0 aliphatic heterocycles. The first-order chi connectivity index (χ1) is 6.27. The molecule has 0 bridgehead atoms. The summed E-state index contributed by atoms with van der Waals surface area (Å²) in [5.74, 6) is 7.57. The lowest BCUT2D eigenvalue weighted by molar-refractivity contribution is 0.0696. The van der Waals surface area contributed by atoms with Gasteiger partial charge in [0.15, 0.2) is 0 Å². The Morgan fingerprint density at radius 1 is 1.31 bits per heavy atom. The van der Waals surface area contributed by atoms with Gasteiger partial charge in [0.2, 0.25) is 0 Å². The summed E-state index contributed by atoms with van der Waals surface area (Å²) in [6.45, 7) is 5.28. The maximum Gasteiger partial charge on any atom is 0.0707 e. The fourth-order valence-corrected chi connectivity index (χ4v) is 2.45. The summed E-state index contributed by atoms with van der Waals surface area (Å²) in [5.41, 5.74) is 0. The van der Waals surface area contributed by atoms with Gasteiger partial charge in [-0.3, -0.25) is 0 Å². The van der Waals surface area contributed by atoms with E-state index in [1.807, 2.05) is 0 Å². The van der Waals surface area contributed by atoms with Gasteiger partial charge >= 0.3 is 0 Å². The average Bonchev–Trinajstić information content (AvgIpc) is 2.18. The van der Waals surface area contributed by atoms with Gasteiger partial charge in [-0.1, -0.05) is 33.1 Å². The van der Waals surface area contributed by atoms with Gasteiger partial charge in [-0.05, 0) is 30.6 Å². The average molecular weight is 185 g/mol. The third kappa shape index (κ3) is 3.28. The molecule has 0 aromatic heterocycles. The molecule has 0 aromatic rings. The van der Waals surface area contributed by atoms with Crippen molar-refractivity contribution in [2.45, 2.75) is 46.0 Å². The molecule has 1 atom stereocenters. The number of nitrogens with two attached hydrogens (primary N) is 1. The van der Waals surface area contributed by atoms with Crippen molar-refractivity contribution in [3.05, 3.63) is 0 Å². The number of rotatable bonds is 4. The monoisotopic (exact) mass is 185 g/mol. The van der Waals surface area contributed by atoms with E-state index in [4.69, 9.17) is 10.7 Å². The van der Waals surface area contributed by atoms with Crippen LogP contribution in [0.4, 0.5) is 0 Å². The van der Waals surface area contributed by atoms with E-state index in [1.54, 1.807) is 0 Å². The second-order valence-electron chi connectivity index (χ2n) is 4.50. The molecular weight excluding hydrogens is 162 g/mol. The van der Waals surface area contributed by atoms with E-state index in [1.165, 1.54) is 32.1 Å². The van der Waals surface area contributed by atoms with Crippen LogP contribution in [0.3, 0.4) is 0 Å². The van der Waals surface area contributed by atoms with Crippen molar-refractivity contribution >= 4 is 0 Å². The van der Waals surface area contributed by atoms with Gasteiger partial charge in [-0.2, -0.15) is 0 Å². The van der Waals surface area contributed by atoms with Crippen LogP contribution in [-0.4, -0.2) is 6.61 Å². The van der Waals surface area contributed by atoms with Gasteiger partial charge in [-0.25, -0.2) is 5.90 Å². The van der Waals surface area contributed by atoms with E-state index in [9.17, 15) is 0 Å². The van der Waals surface area contributed by atoms with E-state index >= 15 is 0 Å². The molecule has 1 unspecified atom stereocenters. The molecule has 2 heteroatoms. The first kappa shape index (κ1) is 11.0. The lowest BCUT2D eigenvalue weighted by Crippen LogP contribution is -2.24. The summed E-state index contributed by atoms with van der Waals surface area (Å²) in [5, 5.41) is 0. The number of hydrogen-bond donors (Lipinski definition) is 1. The van der Waals surface area contributed by atoms with Crippen molar-refractivity contribution in [2.75, 3.05) is 6.61 Å². The molecular formula is C11H23NO. The van der Waals surface area contributed by atoms with E-state index in [2.05, 4.69) is 13.8 Å². The Hall–Kier alpha value is -0.0800. The minimum atomic E-state index is 0.641.